The molecule has 1 aromatic rings. The maximum Gasteiger partial charge on any atom is 0.0413 e. The molecule has 0 fully saturated rings. The Kier molecular flexibility index (Phi) is 3.32. The Bertz CT molecular complexity index is 324. The minimum atomic E-state index is 1.15. The lowest BCUT2D eigenvalue weighted by Gasteiger charge is -2.08. The van der Waals surface area contributed by atoms with Crippen LogP contribution in [0.15, 0.2) is 43.0 Å². The average Bonchev–Trinajstić information content (AvgIpc) is 2.18. The number of nitrogens with one attached hydrogen (secondary N) is 1. The van der Waals surface area contributed by atoms with Crippen LogP contribution in [0.1, 0.15) is 12.5 Å². The van der Waals surface area contributed by atoms with Crippen molar-refractivity contribution in [2.24, 2.45) is 0 Å². The predicted octanol–water partition coefficient (Wildman–Crippen LogP) is 3.32. The fourth-order valence-corrected chi connectivity index (χ4v) is 1.31. The SMILES string of the molecule is C=C/C=C(/C)c1ccccc1NC. The first-order valence-corrected chi connectivity index (χ1v) is 4.36. The molecule has 1 rings (SSSR count). The van der Waals surface area contributed by atoms with E-state index in [1.807, 2.05) is 31.3 Å². The zero-order valence-electron chi connectivity index (χ0n) is 8.17. The Hall–Kier alpha value is -1.50. The van der Waals surface area contributed by atoms with Crippen LogP contribution in [0.5, 0.6) is 0 Å². The maximum absolute atomic E-state index is 3.68. The minimum Gasteiger partial charge on any atom is -0.388 e. The van der Waals surface area contributed by atoms with E-state index >= 15 is 0 Å². The van der Waals surface area contributed by atoms with E-state index in [1.165, 1.54) is 11.1 Å². The van der Waals surface area contributed by atoms with Crippen molar-refractivity contribution in [3.8, 4) is 0 Å². The Morgan fingerprint density at radius 1 is 1.38 bits per heavy atom. The van der Waals surface area contributed by atoms with E-state index in [4.69, 9.17) is 0 Å². The van der Waals surface area contributed by atoms with Crippen LogP contribution < -0.4 is 5.32 Å². The van der Waals surface area contributed by atoms with Crippen LogP contribution >= 0.6 is 0 Å². The summed E-state index contributed by atoms with van der Waals surface area (Å²) in [6.07, 6.45) is 3.82. The van der Waals surface area contributed by atoms with Crippen LogP contribution in [0.2, 0.25) is 0 Å². The summed E-state index contributed by atoms with van der Waals surface area (Å²) >= 11 is 0. The van der Waals surface area contributed by atoms with Gasteiger partial charge in [0, 0.05) is 18.3 Å². The molecule has 0 atom stereocenters. The normalized spacial score (nSPS) is 11.1. The zero-order chi connectivity index (χ0) is 9.68. The van der Waals surface area contributed by atoms with Gasteiger partial charge in [-0.25, -0.2) is 0 Å². The van der Waals surface area contributed by atoms with Crippen LogP contribution in [0.25, 0.3) is 5.57 Å². The largest absolute Gasteiger partial charge is 0.388 e. The molecule has 0 spiro atoms. The Labute approximate surface area is 79.8 Å². The third-order valence-electron chi connectivity index (χ3n) is 1.99. The second kappa shape index (κ2) is 4.51. The van der Waals surface area contributed by atoms with Crippen LogP contribution in [0.3, 0.4) is 0 Å². The third-order valence-corrected chi connectivity index (χ3v) is 1.99. The summed E-state index contributed by atoms with van der Waals surface area (Å²) in [6.45, 7) is 5.77. The molecular weight excluding hydrogens is 158 g/mol. The molecule has 1 N–H and O–H groups in total. The first-order valence-electron chi connectivity index (χ1n) is 4.36. The van der Waals surface area contributed by atoms with Crippen molar-refractivity contribution in [1.82, 2.24) is 0 Å². The van der Waals surface area contributed by atoms with E-state index < -0.39 is 0 Å². The van der Waals surface area contributed by atoms with Gasteiger partial charge in [0.2, 0.25) is 0 Å². The minimum absolute atomic E-state index is 1.15. The number of para-hydroxylation sites is 1. The van der Waals surface area contributed by atoms with Gasteiger partial charge in [0.1, 0.15) is 0 Å². The lowest BCUT2D eigenvalue weighted by molar-refractivity contribution is 1.46. The molecule has 0 aliphatic heterocycles. The molecule has 0 bridgehead atoms. The molecule has 0 saturated carbocycles. The van der Waals surface area contributed by atoms with Gasteiger partial charge < -0.3 is 5.32 Å². The highest BCUT2D eigenvalue weighted by molar-refractivity contribution is 5.75. The van der Waals surface area contributed by atoms with Gasteiger partial charge in [0.05, 0.1) is 0 Å². The fraction of sp³-hybridized carbons (Fsp3) is 0.167. The van der Waals surface area contributed by atoms with Gasteiger partial charge in [0.25, 0.3) is 0 Å². The molecule has 0 heterocycles. The summed E-state index contributed by atoms with van der Waals surface area (Å²) in [5.41, 5.74) is 3.60. The summed E-state index contributed by atoms with van der Waals surface area (Å²) in [5, 5.41) is 3.16. The summed E-state index contributed by atoms with van der Waals surface area (Å²) < 4.78 is 0. The van der Waals surface area contributed by atoms with Crippen molar-refractivity contribution in [3.63, 3.8) is 0 Å². The lowest BCUT2D eigenvalue weighted by atomic mass is 10.1. The fourth-order valence-electron chi connectivity index (χ4n) is 1.31. The number of hydrogen-bond acceptors (Lipinski definition) is 1. The Morgan fingerprint density at radius 2 is 2.08 bits per heavy atom. The van der Waals surface area contributed by atoms with E-state index in [-0.39, 0.29) is 0 Å². The topological polar surface area (TPSA) is 12.0 Å². The Morgan fingerprint density at radius 3 is 2.69 bits per heavy atom. The van der Waals surface area contributed by atoms with Crippen LogP contribution in [-0.2, 0) is 0 Å². The highest BCUT2D eigenvalue weighted by Crippen LogP contribution is 2.22. The van der Waals surface area contributed by atoms with E-state index in [2.05, 4.69) is 31.0 Å². The number of rotatable bonds is 3. The van der Waals surface area contributed by atoms with Crippen LogP contribution in [0.4, 0.5) is 5.69 Å². The smallest absolute Gasteiger partial charge is 0.0413 e. The van der Waals surface area contributed by atoms with E-state index in [0.29, 0.717) is 0 Å². The van der Waals surface area contributed by atoms with Crippen molar-refractivity contribution >= 4 is 11.3 Å². The Balaban J connectivity index is 3.12. The molecule has 1 nitrogen and oxygen atoms in total. The number of anilines is 1. The monoisotopic (exact) mass is 173 g/mol. The van der Waals surface area contributed by atoms with Crippen molar-refractivity contribution in [3.05, 3.63) is 48.6 Å². The molecule has 0 aliphatic carbocycles. The van der Waals surface area contributed by atoms with E-state index in [1.54, 1.807) is 0 Å². The van der Waals surface area contributed by atoms with Gasteiger partial charge in [-0.1, -0.05) is 36.9 Å². The first kappa shape index (κ1) is 9.59. The second-order valence-corrected chi connectivity index (χ2v) is 2.88. The maximum atomic E-state index is 3.68. The molecule has 0 aromatic heterocycles. The van der Waals surface area contributed by atoms with Crippen LogP contribution in [0, 0.1) is 0 Å². The van der Waals surface area contributed by atoms with Crippen molar-refractivity contribution in [2.45, 2.75) is 6.92 Å². The van der Waals surface area contributed by atoms with E-state index in [9.17, 15) is 0 Å². The zero-order valence-corrected chi connectivity index (χ0v) is 8.17. The number of benzene rings is 1. The molecule has 0 saturated heterocycles. The highest BCUT2D eigenvalue weighted by atomic mass is 14.8. The summed E-state index contributed by atoms with van der Waals surface area (Å²) in [5.74, 6) is 0. The van der Waals surface area contributed by atoms with Gasteiger partial charge >= 0.3 is 0 Å². The van der Waals surface area contributed by atoms with Gasteiger partial charge in [-0.2, -0.15) is 0 Å². The highest BCUT2D eigenvalue weighted by Gasteiger charge is 1.99. The number of allylic oxidation sites excluding steroid dienone is 3. The molecule has 1 aromatic carbocycles. The van der Waals surface area contributed by atoms with Gasteiger partial charge in [-0.05, 0) is 18.6 Å². The molecule has 0 unspecified atom stereocenters. The molecule has 13 heavy (non-hydrogen) atoms. The average molecular weight is 173 g/mol. The van der Waals surface area contributed by atoms with Gasteiger partial charge in [-0.15, -0.1) is 0 Å². The van der Waals surface area contributed by atoms with Crippen LogP contribution in [-0.4, -0.2) is 7.05 Å². The molecule has 68 valence electrons. The molecule has 0 aliphatic rings. The first-order chi connectivity index (χ1) is 6.29. The summed E-state index contributed by atoms with van der Waals surface area (Å²) in [4.78, 5) is 0. The number of hydrogen-bond donors (Lipinski definition) is 1. The van der Waals surface area contributed by atoms with Gasteiger partial charge in [0.15, 0.2) is 0 Å². The molecule has 1 heteroatoms. The lowest BCUT2D eigenvalue weighted by Crippen LogP contribution is -1.92. The summed E-state index contributed by atoms with van der Waals surface area (Å²) in [7, 11) is 1.93. The second-order valence-electron chi connectivity index (χ2n) is 2.88. The van der Waals surface area contributed by atoms with E-state index in [0.717, 1.165) is 5.69 Å². The summed E-state index contributed by atoms with van der Waals surface area (Å²) in [6, 6.07) is 8.23. The van der Waals surface area contributed by atoms with Crippen molar-refractivity contribution in [1.29, 1.82) is 0 Å². The van der Waals surface area contributed by atoms with Crippen molar-refractivity contribution in [2.75, 3.05) is 12.4 Å². The standard InChI is InChI=1S/C12H15N/c1-4-7-10(2)11-8-5-6-9-12(11)13-3/h4-9,13H,1H2,2-3H3/b10-7-. The molecule has 0 radical (unpaired) electrons. The third kappa shape index (κ3) is 2.22. The molecular formula is C12H15N. The quantitative estimate of drug-likeness (QED) is 0.691. The predicted molar refractivity (Wildman–Crippen MR) is 59.8 cm³/mol. The van der Waals surface area contributed by atoms with Crippen molar-refractivity contribution < 1.29 is 0 Å². The molecule has 0 amide bonds. The van der Waals surface area contributed by atoms with Gasteiger partial charge in [-0.3, -0.25) is 0 Å².